The largest absolute Gasteiger partial charge is 0.386 e. The second-order valence-electron chi connectivity index (χ2n) is 6.23. The highest BCUT2D eigenvalue weighted by Crippen LogP contribution is 2.25. The van der Waals surface area contributed by atoms with E-state index < -0.39 is 5.60 Å². The molecule has 7 heteroatoms. The molecular weight excluding hydrogens is 306 g/mol. The summed E-state index contributed by atoms with van der Waals surface area (Å²) < 4.78 is 0. The predicted molar refractivity (Wildman–Crippen MR) is 89.4 cm³/mol. The van der Waals surface area contributed by atoms with Crippen molar-refractivity contribution < 1.29 is 9.90 Å². The number of rotatable bonds is 5. The standard InChI is InChI=1S/C17H21N5O2/c1-21(15(23)10-14-4-2-6-18-11-14)12-17(24)5-9-22(13-17)16-19-7-3-8-20-16/h2-4,6-8,11,24H,5,9-10,12-13H2,1H3/t17-/m1/s1. The van der Waals surface area contributed by atoms with E-state index in [1.165, 1.54) is 0 Å². The Labute approximate surface area is 141 Å². The molecule has 0 bridgehead atoms. The molecular formula is C17H21N5O2. The molecule has 0 spiro atoms. The van der Waals surface area contributed by atoms with Gasteiger partial charge < -0.3 is 14.9 Å². The molecule has 1 N–H and O–H groups in total. The minimum absolute atomic E-state index is 0.0363. The third kappa shape index (κ3) is 3.86. The minimum Gasteiger partial charge on any atom is -0.386 e. The second kappa shape index (κ2) is 6.92. The minimum atomic E-state index is -0.946. The normalized spacial score (nSPS) is 20.2. The lowest BCUT2D eigenvalue weighted by Crippen LogP contribution is -2.46. The van der Waals surface area contributed by atoms with E-state index in [0.717, 1.165) is 5.56 Å². The SMILES string of the molecule is CN(C[C@]1(O)CCN(c2ncccn2)C1)C(=O)Cc1cccnc1. The van der Waals surface area contributed by atoms with Crippen LogP contribution in [0.5, 0.6) is 0 Å². The monoisotopic (exact) mass is 327 g/mol. The number of hydrogen-bond acceptors (Lipinski definition) is 6. The molecule has 3 rings (SSSR count). The Bertz CT molecular complexity index is 682. The number of likely N-dealkylation sites (N-methyl/N-ethyl adjacent to an activating group) is 1. The Morgan fingerprint density at radius 1 is 1.33 bits per heavy atom. The molecule has 0 aliphatic carbocycles. The second-order valence-corrected chi connectivity index (χ2v) is 6.23. The zero-order valence-electron chi connectivity index (χ0n) is 13.7. The Morgan fingerprint density at radius 2 is 2.12 bits per heavy atom. The highest BCUT2D eigenvalue weighted by Gasteiger charge is 2.38. The summed E-state index contributed by atoms with van der Waals surface area (Å²) in [6.07, 6.45) is 7.60. The quantitative estimate of drug-likeness (QED) is 0.862. The number of carbonyl (C=O) groups is 1. The van der Waals surface area contributed by atoms with Crippen LogP contribution < -0.4 is 4.90 Å². The van der Waals surface area contributed by atoms with Crippen LogP contribution >= 0.6 is 0 Å². The molecule has 7 nitrogen and oxygen atoms in total. The number of nitrogens with zero attached hydrogens (tertiary/aromatic N) is 5. The molecule has 0 saturated carbocycles. The van der Waals surface area contributed by atoms with Crippen LogP contribution in [0.15, 0.2) is 43.0 Å². The molecule has 0 radical (unpaired) electrons. The molecule has 0 unspecified atom stereocenters. The Kier molecular flexibility index (Phi) is 4.71. The van der Waals surface area contributed by atoms with E-state index in [1.807, 2.05) is 17.0 Å². The molecule has 1 aliphatic rings. The van der Waals surface area contributed by atoms with E-state index in [-0.39, 0.29) is 18.9 Å². The topological polar surface area (TPSA) is 82.5 Å². The van der Waals surface area contributed by atoms with E-state index in [9.17, 15) is 9.90 Å². The van der Waals surface area contributed by atoms with Crippen molar-refractivity contribution in [3.05, 3.63) is 48.5 Å². The highest BCUT2D eigenvalue weighted by atomic mass is 16.3. The van der Waals surface area contributed by atoms with E-state index in [0.29, 0.717) is 25.5 Å². The fourth-order valence-corrected chi connectivity index (χ4v) is 2.95. The van der Waals surface area contributed by atoms with Gasteiger partial charge in [-0.15, -0.1) is 0 Å². The summed E-state index contributed by atoms with van der Waals surface area (Å²) in [5.74, 6) is 0.573. The first-order valence-electron chi connectivity index (χ1n) is 7.93. The number of hydrogen-bond donors (Lipinski definition) is 1. The van der Waals surface area contributed by atoms with Gasteiger partial charge in [0.05, 0.1) is 19.5 Å². The highest BCUT2D eigenvalue weighted by molar-refractivity contribution is 5.78. The van der Waals surface area contributed by atoms with Gasteiger partial charge in [0, 0.05) is 38.4 Å². The van der Waals surface area contributed by atoms with Crippen molar-refractivity contribution in [2.24, 2.45) is 0 Å². The number of aliphatic hydroxyl groups is 1. The van der Waals surface area contributed by atoms with Gasteiger partial charge >= 0.3 is 0 Å². The van der Waals surface area contributed by atoms with Crippen LogP contribution in [0.1, 0.15) is 12.0 Å². The number of amides is 1. The van der Waals surface area contributed by atoms with Crippen LogP contribution in [0.2, 0.25) is 0 Å². The van der Waals surface area contributed by atoms with Gasteiger partial charge in [0.25, 0.3) is 0 Å². The van der Waals surface area contributed by atoms with Crippen molar-refractivity contribution in [1.82, 2.24) is 19.9 Å². The lowest BCUT2D eigenvalue weighted by Gasteiger charge is -2.29. The molecule has 2 aromatic heterocycles. The third-order valence-corrected chi connectivity index (χ3v) is 4.20. The van der Waals surface area contributed by atoms with Crippen LogP contribution in [0.25, 0.3) is 0 Å². The average Bonchev–Trinajstić information content (AvgIpc) is 2.98. The molecule has 1 atom stereocenters. The third-order valence-electron chi connectivity index (χ3n) is 4.20. The number of aromatic nitrogens is 3. The van der Waals surface area contributed by atoms with Crippen molar-refractivity contribution in [2.45, 2.75) is 18.4 Å². The van der Waals surface area contributed by atoms with Crippen LogP contribution in [-0.4, -0.2) is 63.1 Å². The molecule has 1 amide bonds. The first kappa shape index (κ1) is 16.3. The summed E-state index contributed by atoms with van der Waals surface area (Å²) in [6.45, 7) is 1.38. The maximum Gasteiger partial charge on any atom is 0.226 e. The van der Waals surface area contributed by atoms with Crippen molar-refractivity contribution in [3.63, 3.8) is 0 Å². The van der Waals surface area contributed by atoms with Gasteiger partial charge in [-0.05, 0) is 24.1 Å². The van der Waals surface area contributed by atoms with Crippen molar-refractivity contribution in [1.29, 1.82) is 0 Å². The van der Waals surface area contributed by atoms with Gasteiger partial charge in [-0.25, -0.2) is 9.97 Å². The van der Waals surface area contributed by atoms with Crippen molar-refractivity contribution >= 4 is 11.9 Å². The molecule has 126 valence electrons. The van der Waals surface area contributed by atoms with Crippen molar-refractivity contribution in [2.75, 3.05) is 31.6 Å². The predicted octanol–water partition coefficient (Wildman–Crippen LogP) is 0.514. The van der Waals surface area contributed by atoms with Crippen LogP contribution in [0, 0.1) is 0 Å². The van der Waals surface area contributed by atoms with Gasteiger partial charge in [-0.3, -0.25) is 9.78 Å². The summed E-state index contributed by atoms with van der Waals surface area (Å²) in [6, 6.07) is 5.44. The van der Waals surface area contributed by atoms with Gasteiger partial charge in [-0.1, -0.05) is 6.07 Å². The first-order chi connectivity index (χ1) is 11.6. The lowest BCUT2D eigenvalue weighted by atomic mass is 10.0. The zero-order chi connectivity index (χ0) is 17.0. The number of anilines is 1. The number of β-amino-alcohol motifs (C(OH)–C–C–N with tert-alkyl or cyclic N) is 1. The maximum absolute atomic E-state index is 12.3. The summed E-state index contributed by atoms with van der Waals surface area (Å²) in [4.78, 5) is 28.3. The Hall–Kier alpha value is -2.54. The smallest absolute Gasteiger partial charge is 0.226 e. The Morgan fingerprint density at radius 3 is 2.83 bits per heavy atom. The summed E-state index contributed by atoms with van der Waals surface area (Å²) >= 11 is 0. The van der Waals surface area contributed by atoms with Crippen molar-refractivity contribution in [3.8, 4) is 0 Å². The van der Waals surface area contributed by atoms with Gasteiger partial charge in [-0.2, -0.15) is 0 Å². The van der Waals surface area contributed by atoms with Crippen LogP contribution in [0.4, 0.5) is 5.95 Å². The van der Waals surface area contributed by atoms with E-state index in [1.54, 1.807) is 42.8 Å². The number of carbonyl (C=O) groups excluding carboxylic acids is 1. The van der Waals surface area contributed by atoms with Crippen LogP contribution in [-0.2, 0) is 11.2 Å². The Balaban J connectivity index is 1.58. The summed E-state index contributed by atoms with van der Waals surface area (Å²) in [7, 11) is 1.72. The molecule has 3 heterocycles. The molecule has 2 aromatic rings. The molecule has 1 saturated heterocycles. The lowest BCUT2D eigenvalue weighted by molar-refractivity contribution is -0.132. The van der Waals surface area contributed by atoms with Crippen LogP contribution in [0.3, 0.4) is 0 Å². The van der Waals surface area contributed by atoms with Gasteiger partial charge in [0.2, 0.25) is 11.9 Å². The van der Waals surface area contributed by atoms with E-state index >= 15 is 0 Å². The van der Waals surface area contributed by atoms with Gasteiger partial charge in [0.1, 0.15) is 5.60 Å². The average molecular weight is 327 g/mol. The zero-order valence-corrected chi connectivity index (χ0v) is 13.7. The number of pyridine rings is 1. The first-order valence-corrected chi connectivity index (χ1v) is 7.93. The fraction of sp³-hybridized carbons (Fsp3) is 0.412. The van der Waals surface area contributed by atoms with E-state index in [2.05, 4.69) is 15.0 Å². The molecule has 24 heavy (non-hydrogen) atoms. The fourth-order valence-electron chi connectivity index (χ4n) is 2.95. The molecule has 1 fully saturated rings. The van der Waals surface area contributed by atoms with E-state index in [4.69, 9.17) is 0 Å². The van der Waals surface area contributed by atoms with Gasteiger partial charge in [0.15, 0.2) is 0 Å². The summed E-state index contributed by atoms with van der Waals surface area (Å²) in [5, 5.41) is 10.8. The summed E-state index contributed by atoms with van der Waals surface area (Å²) in [5.41, 5.74) is -0.0782. The maximum atomic E-state index is 12.3. The molecule has 1 aliphatic heterocycles. The molecule has 0 aromatic carbocycles.